The number of hydrogen-bond acceptors (Lipinski definition) is 5. The van der Waals surface area contributed by atoms with Crippen molar-refractivity contribution in [2.45, 2.75) is 13.5 Å². The normalized spacial score (nSPS) is 11.2. The predicted molar refractivity (Wildman–Crippen MR) is 87.7 cm³/mol. The predicted octanol–water partition coefficient (Wildman–Crippen LogP) is 3.03. The fraction of sp³-hybridized carbons (Fsp3) is 0.118. The van der Waals surface area contributed by atoms with E-state index in [1.54, 1.807) is 0 Å². The van der Waals surface area contributed by atoms with Crippen LogP contribution in [0.15, 0.2) is 53.2 Å². The fourth-order valence-electron chi connectivity index (χ4n) is 2.72. The van der Waals surface area contributed by atoms with Crippen LogP contribution in [0.5, 0.6) is 0 Å². The van der Waals surface area contributed by atoms with E-state index in [-0.39, 0.29) is 5.82 Å². The van der Waals surface area contributed by atoms with Crippen LogP contribution >= 0.6 is 0 Å². The first-order valence-corrected chi connectivity index (χ1v) is 7.32. The van der Waals surface area contributed by atoms with Crippen molar-refractivity contribution < 1.29 is 4.63 Å². The van der Waals surface area contributed by atoms with Crippen LogP contribution in [0.1, 0.15) is 11.1 Å². The lowest BCUT2D eigenvalue weighted by Crippen LogP contribution is -2.05. The van der Waals surface area contributed by atoms with E-state index in [4.69, 9.17) is 10.4 Å². The molecule has 0 aliphatic rings. The zero-order chi connectivity index (χ0) is 15.8. The molecule has 23 heavy (non-hydrogen) atoms. The lowest BCUT2D eigenvalue weighted by atomic mass is 10.1. The SMILES string of the molecule is Cc1ccccc1Cn1c(-c2nonc2N)nc2ccccc21. The standard InChI is InChI=1S/C17H15N5O/c1-11-6-2-3-7-12(11)10-22-14-9-5-4-8-13(14)19-17(22)15-16(18)21-23-20-15/h2-9H,10H2,1H3,(H2,18,21). The smallest absolute Gasteiger partial charge is 0.199 e. The number of aromatic nitrogens is 4. The molecule has 114 valence electrons. The van der Waals surface area contributed by atoms with E-state index in [1.807, 2.05) is 36.4 Å². The third kappa shape index (κ3) is 2.24. The Morgan fingerprint density at radius 3 is 2.61 bits per heavy atom. The van der Waals surface area contributed by atoms with Gasteiger partial charge in [0.25, 0.3) is 0 Å². The van der Waals surface area contributed by atoms with Gasteiger partial charge in [-0.3, -0.25) is 0 Å². The van der Waals surface area contributed by atoms with Gasteiger partial charge in [-0.15, -0.1) is 0 Å². The molecule has 4 aromatic rings. The molecule has 0 fully saturated rings. The van der Waals surface area contributed by atoms with Crippen LogP contribution in [0, 0.1) is 6.92 Å². The summed E-state index contributed by atoms with van der Waals surface area (Å²) in [5.74, 6) is 0.902. The summed E-state index contributed by atoms with van der Waals surface area (Å²) >= 11 is 0. The zero-order valence-corrected chi connectivity index (χ0v) is 12.6. The number of nitrogens with zero attached hydrogens (tertiary/aromatic N) is 4. The van der Waals surface area contributed by atoms with Gasteiger partial charge in [0, 0.05) is 6.54 Å². The minimum Gasteiger partial charge on any atom is -0.379 e. The highest BCUT2D eigenvalue weighted by molar-refractivity contribution is 5.81. The number of anilines is 1. The number of hydrogen-bond donors (Lipinski definition) is 1. The maximum Gasteiger partial charge on any atom is 0.199 e. The molecule has 6 heteroatoms. The van der Waals surface area contributed by atoms with Gasteiger partial charge in [0.1, 0.15) is 0 Å². The number of fused-ring (bicyclic) bond motifs is 1. The van der Waals surface area contributed by atoms with Crippen LogP contribution in [0.4, 0.5) is 5.82 Å². The summed E-state index contributed by atoms with van der Waals surface area (Å²) in [6, 6.07) is 16.2. The highest BCUT2D eigenvalue weighted by Gasteiger charge is 2.19. The molecule has 2 heterocycles. The lowest BCUT2D eigenvalue weighted by Gasteiger charge is -2.10. The Morgan fingerprint density at radius 2 is 1.83 bits per heavy atom. The highest BCUT2D eigenvalue weighted by Crippen LogP contribution is 2.27. The summed E-state index contributed by atoms with van der Waals surface area (Å²) < 4.78 is 6.84. The Hall–Kier alpha value is -3.15. The maximum atomic E-state index is 5.87. The molecule has 0 saturated carbocycles. The second-order valence-corrected chi connectivity index (χ2v) is 5.43. The van der Waals surface area contributed by atoms with Crippen molar-refractivity contribution in [3.05, 3.63) is 59.7 Å². The summed E-state index contributed by atoms with van der Waals surface area (Å²) in [7, 11) is 0. The summed E-state index contributed by atoms with van der Waals surface area (Å²) in [6.07, 6.45) is 0. The van der Waals surface area contributed by atoms with Crippen LogP contribution in [0.25, 0.3) is 22.6 Å². The molecule has 2 N–H and O–H groups in total. The topological polar surface area (TPSA) is 82.8 Å². The van der Waals surface area contributed by atoms with E-state index in [1.165, 1.54) is 11.1 Å². The average molecular weight is 305 g/mol. The zero-order valence-electron chi connectivity index (χ0n) is 12.6. The molecule has 0 bridgehead atoms. The number of rotatable bonds is 3. The van der Waals surface area contributed by atoms with Crippen LogP contribution in [0.2, 0.25) is 0 Å². The van der Waals surface area contributed by atoms with Crippen molar-refractivity contribution >= 4 is 16.9 Å². The van der Waals surface area contributed by atoms with Crippen LogP contribution in [0.3, 0.4) is 0 Å². The maximum absolute atomic E-state index is 5.87. The first-order chi connectivity index (χ1) is 11.2. The molecule has 0 spiro atoms. The van der Waals surface area contributed by atoms with E-state index in [0.29, 0.717) is 18.1 Å². The van der Waals surface area contributed by atoms with Gasteiger partial charge >= 0.3 is 0 Å². The van der Waals surface area contributed by atoms with Crippen molar-refractivity contribution in [3.63, 3.8) is 0 Å². The highest BCUT2D eigenvalue weighted by atomic mass is 16.6. The number of imidazole rings is 1. The van der Waals surface area contributed by atoms with Crippen LogP contribution in [-0.4, -0.2) is 19.9 Å². The van der Waals surface area contributed by atoms with Gasteiger partial charge in [-0.25, -0.2) is 9.61 Å². The molecule has 0 atom stereocenters. The third-order valence-corrected chi connectivity index (χ3v) is 3.97. The molecule has 0 amide bonds. The van der Waals surface area contributed by atoms with Crippen molar-refractivity contribution in [3.8, 4) is 11.5 Å². The van der Waals surface area contributed by atoms with Crippen molar-refractivity contribution in [2.75, 3.05) is 5.73 Å². The average Bonchev–Trinajstić information content (AvgIpc) is 3.13. The van der Waals surface area contributed by atoms with Crippen molar-refractivity contribution in [1.29, 1.82) is 0 Å². The lowest BCUT2D eigenvalue weighted by molar-refractivity contribution is 0.310. The fourth-order valence-corrected chi connectivity index (χ4v) is 2.72. The summed E-state index contributed by atoms with van der Waals surface area (Å²) in [6.45, 7) is 2.77. The van der Waals surface area contributed by atoms with Crippen molar-refractivity contribution in [1.82, 2.24) is 19.9 Å². The first-order valence-electron chi connectivity index (χ1n) is 7.32. The quantitative estimate of drug-likeness (QED) is 0.629. The van der Waals surface area contributed by atoms with Gasteiger partial charge in [-0.2, -0.15) is 0 Å². The minimum atomic E-state index is 0.242. The molecule has 0 aliphatic heterocycles. The Morgan fingerprint density at radius 1 is 1.04 bits per heavy atom. The monoisotopic (exact) mass is 305 g/mol. The van der Waals surface area contributed by atoms with Gasteiger partial charge < -0.3 is 10.3 Å². The minimum absolute atomic E-state index is 0.242. The van der Waals surface area contributed by atoms with Gasteiger partial charge in [0.05, 0.1) is 11.0 Å². The number of aryl methyl sites for hydroxylation is 1. The van der Waals surface area contributed by atoms with Gasteiger partial charge in [0.15, 0.2) is 17.3 Å². The number of nitrogens with two attached hydrogens (primary N) is 1. The molecule has 0 saturated heterocycles. The summed E-state index contributed by atoms with van der Waals surface area (Å²) in [4.78, 5) is 4.66. The molecular formula is C17H15N5O. The second-order valence-electron chi connectivity index (χ2n) is 5.43. The number of benzene rings is 2. The largest absolute Gasteiger partial charge is 0.379 e. The molecular weight excluding hydrogens is 290 g/mol. The molecule has 0 unspecified atom stereocenters. The second kappa shape index (κ2) is 5.24. The van der Waals surface area contributed by atoms with Gasteiger partial charge in [-0.1, -0.05) is 36.4 Å². The number of nitrogen functional groups attached to an aromatic ring is 1. The van der Waals surface area contributed by atoms with Crippen LogP contribution in [-0.2, 0) is 6.54 Å². The Bertz CT molecular complexity index is 985. The Balaban J connectivity index is 1.93. The van der Waals surface area contributed by atoms with E-state index < -0.39 is 0 Å². The molecule has 2 aromatic heterocycles. The van der Waals surface area contributed by atoms with Gasteiger partial charge in [-0.05, 0) is 40.5 Å². The van der Waals surface area contributed by atoms with Crippen molar-refractivity contribution in [2.24, 2.45) is 0 Å². The molecule has 4 rings (SSSR count). The number of para-hydroxylation sites is 2. The van der Waals surface area contributed by atoms with E-state index >= 15 is 0 Å². The van der Waals surface area contributed by atoms with Crippen LogP contribution < -0.4 is 5.73 Å². The summed E-state index contributed by atoms with van der Waals surface area (Å²) in [5, 5.41) is 7.58. The summed E-state index contributed by atoms with van der Waals surface area (Å²) in [5.41, 5.74) is 10.7. The Kier molecular flexibility index (Phi) is 3.08. The molecule has 0 radical (unpaired) electrons. The van der Waals surface area contributed by atoms with E-state index in [2.05, 4.69) is 38.9 Å². The Labute approximate surface area is 132 Å². The molecule has 2 aromatic carbocycles. The third-order valence-electron chi connectivity index (χ3n) is 3.97. The van der Waals surface area contributed by atoms with E-state index in [9.17, 15) is 0 Å². The van der Waals surface area contributed by atoms with E-state index in [0.717, 1.165) is 11.0 Å². The first kappa shape index (κ1) is 13.5. The molecule has 6 nitrogen and oxygen atoms in total. The van der Waals surface area contributed by atoms with Gasteiger partial charge in [0.2, 0.25) is 0 Å². The molecule has 0 aliphatic carbocycles.